The first-order chi connectivity index (χ1) is 16.3. The van der Waals surface area contributed by atoms with Crippen LogP contribution in [-0.2, 0) is 29.1 Å². The number of rotatable bonds is 9. The van der Waals surface area contributed by atoms with Crippen LogP contribution in [-0.4, -0.2) is 63.6 Å². The number of anilines is 1. The van der Waals surface area contributed by atoms with Crippen LogP contribution in [0.2, 0.25) is 0 Å². The number of nitrogens with one attached hydrogen (secondary N) is 1. The van der Waals surface area contributed by atoms with E-state index in [0.717, 1.165) is 0 Å². The standard InChI is InChI=1S/C24H28N2O7S/c1-3-32-22-7-5-4-6-19(22)8-13-23(27)33-18(2)24(28)25-20-9-11-21(12-10-20)34(29,30)26-14-16-31-17-15-26/h4-13,18H,3,14-17H2,1-2H3,(H,25,28)/b13-8+. The maximum Gasteiger partial charge on any atom is 0.331 e. The van der Waals surface area contributed by atoms with Gasteiger partial charge < -0.3 is 19.5 Å². The van der Waals surface area contributed by atoms with Gasteiger partial charge in [-0.25, -0.2) is 13.2 Å². The Morgan fingerprint density at radius 2 is 1.79 bits per heavy atom. The van der Waals surface area contributed by atoms with Crippen LogP contribution >= 0.6 is 0 Å². The number of sulfonamides is 1. The molecule has 1 saturated heterocycles. The lowest BCUT2D eigenvalue weighted by Gasteiger charge is -2.26. The molecule has 9 nitrogen and oxygen atoms in total. The minimum atomic E-state index is -3.62. The molecule has 34 heavy (non-hydrogen) atoms. The zero-order valence-corrected chi connectivity index (χ0v) is 19.9. The summed E-state index contributed by atoms with van der Waals surface area (Å²) in [6, 6.07) is 13.1. The highest BCUT2D eigenvalue weighted by molar-refractivity contribution is 7.89. The number of esters is 1. The molecule has 1 aliphatic heterocycles. The van der Waals surface area contributed by atoms with Gasteiger partial charge in [0.15, 0.2) is 6.10 Å². The molecule has 0 saturated carbocycles. The number of amides is 1. The van der Waals surface area contributed by atoms with Crippen LogP contribution < -0.4 is 10.1 Å². The van der Waals surface area contributed by atoms with Gasteiger partial charge in [-0.15, -0.1) is 0 Å². The monoisotopic (exact) mass is 488 g/mol. The fourth-order valence-corrected chi connectivity index (χ4v) is 4.63. The third-order valence-electron chi connectivity index (χ3n) is 5.01. The summed E-state index contributed by atoms with van der Waals surface area (Å²) in [5, 5.41) is 2.62. The molecule has 1 fully saturated rings. The number of hydrogen-bond donors (Lipinski definition) is 1. The van der Waals surface area contributed by atoms with Gasteiger partial charge in [-0.05, 0) is 50.3 Å². The van der Waals surface area contributed by atoms with E-state index in [0.29, 0.717) is 49.9 Å². The van der Waals surface area contributed by atoms with Crippen molar-refractivity contribution in [3.05, 3.63) is 60.2 Å². The smallest absolute Gasteiger partial charge is 0.331 e. The summed E-state index contributed by atoms with van der Waals surface area (Å²) in [6.07, 6.45) is 1.73. The lowest BCUT2D eigenvalue weighted by atomic mass is 10.2. The molecule has 0 aliphatic carbocycles. The van der Waals surface area contributed by atoms with Gasteiger partial charge in [0.25, 0.3) is 5.91 Å². The fraction of sp³-hybridized carbons (Fsp3) is 0.333. The van der Waals surface area contributed by atoms with Crippen LogP contribution in [0.3, 0.4) is 0 Å². The predicted octanol–water partition coefficient (Wildman–Crippen LogP) is 2.69. The van der Waals surface area contributed by atoms with E-state index in [2.05, 4.69) is 5.32 Å². The van der Waals surface area contributed by atoms with Crippen LogP contribution in [0.1, 0.15) is 19.4 Å². The van der Waals surface area contributed by atoms with Crippen LogP contribution in [0.5, 0.6) is 5.75 Å². The molecule has 3 rings (SSSR count). The summed E-state index contributed by atoms with van der Waals surface area (Å²) < 4.78 is 42.6. The molecule has 1 unspecified atom stereocenters. The van der Waals surface area contributed by atoms with Crippen molar-refractivity contribution in [1.82, 2.24) is 4.31 Å². The number of carbonyl (C=O) groups excluding carboxylic acids is 2. The summed E-state index contributed by atoms with van der Waals surface area (Å²) in [5.74, 6) is -0.583. The molecule has 2 aromatic carbocycles. The zero-order chi connectivity index (χ0) is 24.6. The van der Waals surface area contributed by atoms with E-state index in [1.807, 2.05) is 19.1 Å². The van der Waals surface area contributed by atoms with E-state index in [9.17, 15) is 18.0 Å². The molecule has 1 aliphatic rings. The molecule has 0 bridgehead atoms. The molecule has 1 N–H and O–H groups in total. The van der Waals surface area contributed by atoms with Gasteiger partial charge in [0, 0.05) is 30.4 Å². The van der Waals surface area contributed by atoms with Gasteiger partial charge in [0.1, 0.15) is 5.75 Å². The highest BCUT2D eigenvalue weighted by Gasteiger charge is 2.26. The normalized spacial score (nSPS) is 15.6. The van der Waals surface area contributed by atoms with Crippen molar-refractivity contribution in [2.45, 2.75) is 24.8 Å². The zero-order valence-electron chi connectivity index (χ0n) is 19.1. The minimum absolute atomic E-state index is 0.129. The Morgan fingerprint density at radius 1 is 1.12 bits per heavy atom. The molecule has 0 aromatic heterocycles. The summed E-state index contributed by atoms with van der Waals surface area (Å²) in [6.45, 7) is 5.13. The Morgan fingerprint density at radius 3 is 2.47 bits per heavy atom. The van der Waals surface area contributed by atoms with E-state index < -0.39 is 28.0 Å². The van der Waals surface area contributed by atoms with Crippen LogP contribution in [0, 0.1) is 0 Å². The molecule has 10 heteroatoms. The molecular formula is C24H28N2O7S. The third kappa shape index (κ3) is 6.66. The molecule has 1 amide bonds. The Bertz CT molecular complexity index is 1120. The molecule has 1 heterocycles. The highest BCUT2D eigenvalue weighted by Crippen LogP contribution is 2.21. The lowest BCUT2D eigenvalue weighted by molar-refractivity contribution is -0.148. The van der Waals surface area contributed by atoms with Gasteiger partial charge in [-0.3, -0.25) is 4.79 Å². The van der Waals surface area contributed by atoms with E-state index >= 15 is 0 Å². The SMILES string of the molecule is CCOc1ccccc1/C=C/C(=O)OC(C)C(=O)Nc1ccc(S(=O)(=O)N2CCOCC2)cc1. The molecule has 182 valence electrons. The van der Waals surface area contributed by atoms with Gasteiger partial charge >= 0.3 is 5.97 Å². The summed E-state index contributed by atoms with van der Waals surface area (Å²) in [4.78, 5) is 24.7. The maximum absolute atomic E-state index is 12.7. The van der Waals surface area contributed by atoms with E-state index in [1.54, 1.807) is 18.2 Å². The van der Waals surface area contributed by atoms with Gasteiger partial charge in [-0.1, -0.05) is 18.2 Å². The number of ether oxygens (including phenoxy) is 3. The van der Waals surface area contributed by atoms with Crippen molar-refractivity contribution >= 4 is 33.7 Å². The van der Waals surface area contributed by atoms with Crippen molar-refractivity contribution in [1.29, 1.82) is 0 Å². The van der Waals surface area contributed by atoms with E-state index in [1.165, 1.54) is 41.6 Å². The van der Waals surface area contributed by atoms with Crippen LogP contribution in [0.4, 0.5) is 5.69 Å². The van der Waals surface area contributed by atoms with Gasteiger partial charge in [0.2, 0.25) is 10.0 Å². The van der Waals surface area contributed by atoms with Crippen LogP contribution in [0.15, 0.2) is 59.5 Å². The Kier molecular flexibility index (Phi) is 8.80. The second kappa shape index (κ2) is 11.8. The first-order valence-electron chi connectivity index (χ1n) is 10.9. The number of nitrogens with zero attached hydrogens (tertiary/aromatic N) is 1. The lowest BCUT2D eigenvalue weighted by Crippen LogP contribution is -2.40. The maximum atomic E-state index is 12.7. The topological polar surface area (TPSA) is 111 Å². The largest absolute Gasteiger partial charge is 0.493 e. The van der Waals surface area contributed by atoms with Crippen LogP contribution in [0.25, 0.3) is 6.08 Å². The molecular weight excluding hydrogens is 460 g/mol. The van der Waals surface area contributed by atoms with E-state index in [-0.39, 0.29) is 4.90 Å². The fourth-order valence-electron chi connectivity index (χ4n) is 3.22. The average Bonchev–Trinajstić information content (AvgIpc) is 2.84. The predicted molar refractivity (Wildman–Crippen MR) is 127 cm³/mol. The van der Waals surface area contributed by atoms with Crippen molar-refractivity contribution < 1.29 is 32.2 Å². The van der Waals surface area contributed by atoms with Crippen molar-refractivity contribution in [2.75, 3.05) is 38.2 Å². The average molecular weight is 489 g/mol. The Hall–Kier alpha value is -3.21. The van der Waals surface area contributed by atoms with Crippen molar-refractivity contribution in [3.8, 4) is 5.75 Å². The number of carbonyl (C=O) groups is 2. The highest BCUT2D eigenvalue weighted by atomic mass is 32.2. The second-order valence-corrected chi connectivity index (χ2v) is 9.35. The second-order valence-electron chi connectivity index (χ2n) is 7.41. The van der Waals surface area contributed by atoms with Crippen molar-refractivity contribution in [2.24, 2.45) is 0 Å². The van der Waals surface area contributed by atoms with Gasteiger partial charge in [0.05, 0.1) is 24.7 Å². The quantitative estimate of drug-likeness (QED) is 0.427. The summed E-state index contributed by atoms with van der Waals surface area (Å²) in [7, 11) is -3.62. The number of para-hydroxylation sites is 1. The molecule has 0 radical (unpaired) electrons. The van der Waals surface area contributed by atoms with Crippen molar-refractivity contribution in [3.63, 3.8) is 0 Å². The minimum Gasteiger partial charge on any atom is -0.493 e. The summed E-state index contributed by atoms with van der Waals surface area (Å²) in [5.41, 5.74) is 1.10. The Labute approximate surface area is 199 Å². The third-order valence-corrected chi connectivity index (χ3v) is 6.92. The first-order valence-corrected chi connectivity index (χ1v) is 12.3. The van der Waals surface area contributed by atoms with Gasteiger partial charge in [-0.2, -0.15) is 4.31 Å². The molecule has 2 aromatic rings. The number of benzene rings is 2. The molecule has 1 atom stereocenters. The Balaban J connectivity index is 1.55. The summed E-state index contributed by atoms with van der Waals surface area (Å²) >= 11 is 0. The molecule has 0 spiro atoms. The number of hydrogen-bond acceptors (Lipinski definition) is 7. The number of morpholine rings is 1. The van der Waals surface area contributed by atoms with E-state index in [4.69, 9.17) is 14.2 Å². The first kappa shape index (κ1) is 25.4.